The average Bonchev–Trinajstić information content (AvgIpc) is 2.99. The van der Waals surface area contributed by atoms with E-state index in [1.165, 1.54) is 76.2 Å². The summed E-state index contributed by atoms with van der Waals surface area (Å²) in [6.07, 6.45) is 20.3. The molecule has 0 aliphatic heterocycles. The minimum Gasteiger partial charge on any atom is -0.493 e. The molecule has 0 aliphatic carbocycles. The number of methoxy groups -OCH3 is 1. The van der Waals surface area contributed by atoms with Gasteiger partial charge in [0.1, 0.15) is 0 Å². The van der Waals surface area contributed by atoms with Gasteiger partial charge in [-0.15, -0.1) is 0 Å². The number of ether oxygens (including phenoxy) is 2. The average molecular weight is 559 g/mol. The van der Waals surface area contributed by atoms with Gasteiger partial charge in [0.15, 0.2) is 11.5 Å². The van der Waals surface area contributed by atoms with Gasteiger partial charge in [-0.05, 0) is 59.9 Å². The number of pyridine rings is 1. The van der Waals surface area contributed by atoms with Crippen LogP contribution in [0.25, 0.3) is 0 Å². The number of unbranched alkanes of at least 4 members (excludes halogenated alkanes) is 11. The fraction of sp³-hybridized carbons (Fsp3) is 0.500. The van der Waals surface area contributed by atoms with Crippen molar-refractivity contribution < 1.29 is 14.3 Å². The molecule has 5 heteroatoms. The first-order chi connectivity index (χ1) is 20.1. The number of hydrogen-bond donors (Lipinski definition) is 0. The van der Waals surface area contributed by atoms with E-state index in [1.54, 1.807) is 25.1 Å². The van der Waals surface area contributed by atoms with Crippen molar-refractivity contribution in [3.8, 4) is 11.5 Å². The van der Waals surface area contributed by atoms with Crippen molar-refractivity contribution >= 4 is 11.6 Å². The summed E-state index contributed by atoms with van der Waals surface area (Å²) in [7, 11) is 1.67. The van der Waals surface area contributed by atoms with Crippen LogP contribution in [0.5, 0.6) is 11.5 Å². The fourth-order valence-corrected chi connectivity index (χ4v) is 5.16. The van der Waals surface area contributed by atoms with Crippen molar-refractivity contribution in [2.24, 2.45) is 0 Å². The van der Waals surface area contributed by atoms with E-state index in [4.69, 9.17) is 9.47 Å². The Labute approximate surface area is 248 Å². The molecule has 0 spiro atoms. The number of nitrogens with zero attached hydrogens (tertiary/aromatic N) is 2. The second kappa shape index (κ2) is 18.9. The van der Waals surface area contributed by atoms with Gasteiger partial charge in [-0.3, -0.25) is 9.78 Å². The second-order valence-electron chi connectivity index (χ2n) is 11.0. The van der Waals surface area contributed by atoms with Crippen LogP contribution < -0.4 is 14.4 Å². The molecule has 0 radical (unpaired) electrons. The molecule has 0 bridgehead atoms. The Balaban J connectivity index is 1.44. The molecule has 3 rings (SSSR count). The van der Waals surface area contributed by atoms with Crippen LogP contribution in [0, 0.1) is 0 Å². The minimum atomic E-state index is -0.000196. The highest BCUT2D eigenvalue weighted by Crippen LogP contribution is 2.30. The SMILES string of the molecule is CCCCCCCCCCCCCCOc1cc(CN(C(C)=O)c2ccc(Cc3cccnc3)cc2)ccc1OC. The molecule has 0 unspecified atom stereocenters. The van der Waals surface area contributed by atoms with Crippen molar-refractivity contribution in [2.45, 2.75) is 104 Å². The summed E-state index contributed by atoms with van der Waals surface area (Å²) in [6, 6.07) is 18.2. The smallest absolute Gasteiger partial charge is 0.224 e. The molecule has 1 amide bonds. The molecule has 3 aromatic rings. The van der Waals surface area contributed by atoms with Gasteiger partial charge >= 0.3 is 0 Å². The Bertz CT molecular complexity index is 1130. The third-order valence-corrected chi connectivity index (χ3v) is 7.58. The summed E-state index contributed by atoms with van der Waals surface area (Å²) in [5.74, 6) is 1.46. The molecule has 0 atom stereocenters. The summed E-state index contributed by atoms with van der Waals surface area (Å²) in [5.41, 5.74) is 4.23. The van der Waals surface area contributed by atoms with Gasteiger partial charge < -0.3 is 14.4 Å². The quantitative estimate of drug-likeness (QED) is 0.130. The summed E-state index contributed by atoms with van der Waals surface area (Å²) in [5, 5.41) is 0. The Morgan fingerprint density at radius 3 is 1.98 bits per heavy atom. The zero-order valence-electron chi connectivity index (χ0n) is 25.6. The fourth-order valence-electron chi connectivity index (χ4n) is 5.16. The number of carbonyl (C=O) groups excluding carboxylic acids is 1. The normalized spacial score (nSPS) is 10.9. The third kappa shape index (κ3) is 12.0. The van der Waals surface area contributed by atoms with E-state index in [-0.39, 0.29) is 5.91 Å². The van der Waals surface area contributed by atoms with E-state index < -0.39 is 0 Å². The first-order valence-electron chi connectivity index (χ1n) is 15.7. The first-order valence-corrected chi connectivity index (χ1v) is 15.7. The minimum absolute atomic E-state index is 0.000196. The van der Waals surface area contributed by atoms with Gasteiger partial charge in [-0.1, -0.05) is 102 Å². The molecule has 41 heavy (non-hydrogen) atoms. The maximum absolute atomic E-state index is 12.6. The number of hydrogen-bond acceptors (Lipinski definition) is 4. The zero-order valence-corrected chi connectivity index (χ0v) is 25.6. The number of carbonyl (C=O) groups is 1. The molecule has 2 aromatic carbocycles. The lowest BCUT2D eigenvalue weighted by molar-refractivity contribution is -0.116. The van der Waals surface area contributed by atoms with Gasteiger partial charge in [0.05, 0.1) is 20.3 Å². The Morgan fingerprint density at radius 2 is 1.39 bits per heavy atom. The number of aromatic nitrogens is 1. The Kier molecular flexibility index (Phi) is 14.8. The molecular weight excluding hydrogens is 508 g/mol. The Hall–Kier alpha value is -3.34. The topological polar surface area (TPSA) is 51.7 Å². The highest BCUT2D eigenvalue weighted by molar-refractivity contribution is 5.91. The van der Waals surface area contributed by atoms with Crippen LogP contribution in [0.4, 0.5) is 5.69 Å². The number of anilines is 1. The van der Waals surface area contributed by atoms with Crippen molar-refractivity contribution in [2.75, 3.05) is 18.6 Å². The summed E-state index contributed by atoms with van der Waals surface area (Å²) < 4.78 is 11.7. The number of benzene rings is 2. The molecular formula is C36H50N2O3. The molecule has 222 valence electrons. The van der Waals surface area contributed by atoms with Crippen LogP contribution in [0.2, 0.25) is 0 Å². The third-order valence-electron chi connectivity index (χ3n) is 7.58. The standard InChI is InChI=1S/C36H50N2O3/c1-4-5-6-7-8-9-10-11-12-13-14-15-25-41-36-27-33(20-23-35(36)40-3)29-38(30(2)39)34-21-18-31(19-22-34)26-32-17-16-24-37-28-32/h16-24,27-28H,4-15,25-26,29H2,1-3H3. The van der Waals surface area contributed by atoms with Crippen LogP contribution in [0.15, 0.2) is 67.0 Å². The van der Waals surface area contributed by atoms with E-state index in [1.807, 2.05) is 42.6 Å². The van der Waals surface area contributed by atoms with Crippen LogP contribution in [-0.4, -0.2) is 24.6 Å². The summed E-state index contributed by atoms with van der Waals surface area (Å²) in [6.45, 7) is 5.02. The van der Waals surface area contributed by atoms with E-state index in [0.29, 0.717) is 13.2 Å². The summed E-state index contributed by atoms with van der Waals surface area (Å²) >= 11 is 0. The molecule has 0 N–H and O–H groups in total. The lowest BCUT2D eigenvalue weighted by Crippen LogP contribution is -2.27. The van der Waals surface area contributed by atoms with Crippen LogP contribution in [-0.2, 0) is 17.8 Å². The molecule has 5 nitrogen and oxygen atoms in total. The molecule has 0 aliphatic rings. The van der Waals surface area contributed by atoms with Crippen molar-refractivity contribution in [3.05, 3.63) is 83.7 Å². The molecule has 0 saturated heterocycles. The highest BCUT2D eigenvalue weighted by Gasteiger charge is 2.14. The summed E-state index contributed by atoms with van der Waals surface area (Å²) in [4.78, 5) is 18.6. The lowest BCUT2D eigenvalue weighted by atomic mass is 10.1. The van der Waals surface area contributed by atoms with Gasteiger partial charge in [0.2, 0.25) is 5.91 Å². The van der Waals surface area contributed by atoms with E-state index >= 15 is 0 Å². The van der Waals surface area contributed by atoms with Crippen molar-refractivity contribution in [3.63, 3.8) is 0 Å². The monoisotopic (exact) mass is 558 g/mol. The highest BCUT2D eigenvalue weighted by atomic mass is 16.5. The molecule has 0 saturated carbocycles. The zero-order chi connectivity index (χ0) is 29.1. The van der Waals surface area contributed by atoms with Crippen LogP contribution in [0.1, 0.15) is 108 Å². The van der Waals surface area contributed by atoms with Crippen molar-refractivity contribution in [1.29, 1.82) is 0 Å². The van der Waals surface area contributed by atoms with Crippen LogP contribution >= 0.6 is 0 Å². The van der Waals surface area contributed by atoms with Crippen molar-refractivity contribution in [1.82, 2.24) is 4.98 Å². The van der Waals surface area contributed by atoms with E-state index in [0.717, 1.165) is 41.2 Å². The second-order valence-corrected chi connectivity index (χ2v) is 11.0. The van der Waals surface area contributed by atoms with E-state index in [2.05, 4.69) is 30.1 Å². The van der Waals surface area contributed by atoms with E-state index in [9.17, 15) is 4.79 Å². The number of amides is 1. The van der Waals surface area contributed by atoms with Gasteiger partial charge in [-0.25, -0.2) is 0 Å². The first kappa shape index (κ1) is 32.2. The number of rotatable bonds is 20. The van der Waals surface area contributed by atoms with Crippen LogP contribution in [0.3, 0.4) is 0 Å². The maximum Gasteiger partial charge on any atom is 0.224 e. The van der Waals surface area contributed by atoms with Gasteiger partial charge in [0, 0.05) is 25.0 Å². The largest absolute Gasteiger partial charge is 0.493 e. The lowest BCUT2D eigenvalue weighted by Gasteiger charge is -2.22. The maximum atomic E-state index is 12.6. The van der Waals surface area contributed by atoms with Gasteiger partial charge in [-0.2, -0.15) is 0 Å². The predicted molar refractivity (Wildman–Crippen MR) is 170 cm³/mol. The Morgan fingerprint density at radius 1 is 0.756 bits per heavy atom. The molecule has 1 aromatic heterocycles. The predicted octanol–water partition coefficient (Wildman–Crippen LogP) is 9.31. The molecule has 1 heterocycles. The molecule has 0 fully saturated rings. The van der Waals surface area contributed by atoms with Gasteiger partial charge in [0.25, 0.3) is 0 Å².